The van der Waals surface area contributed by atoms with Gasteiger partial charge in [-0.1, -0.05) is 18.2 Å². The van der Waals surface area contributed by atoms with Crippen molar-refractivity contribution in [3.05, 3.63) is 41.3 Å². The molecule has 6 nitrogen and oxygen atoms in total. The highest BCUT2D eigenvalue weighted by atomic mass is 32.2. The van der Waals surface area contributed by atoms with Crippen LogP contribution in [0.2, 0.25) is 0 Å². The number of aliphatic hydroxyl groups is 1. The van der Waals surface area contributed by atoms with Crippen LogP contribution >= 0.6 is 0 Å². The summed E-state index contributed by atoms with van der Waals surface area (Å²) in [6.45, 7) is 1.84. The van der Waals surface area contributed by atoms with Gasteiger partial charge in [0.25, 0.3) is 5.95 Å². The van der Waals surface area contributed by atoms with Gasteiger partial charge in [-0.15, -0.1) is 0 Å². The number of nitrogens with zero attached hydrogens (tertiary/aromatic N) is 2. The Morgan fingerprint density at radius 2 is 2.15 bits per heavy atom. The highest BCUT2D eigenvalue weighted by molar-refractivity contribution is 7.89. The first-order chi connectivity index (χ1) is 9.45. The molecule has 1 aliphatic heterocycles. The second-order valence-corrected chi connectivity index (χ2v) is 6.19. The van der Waals surface area contributed by atoms with Crippen molar-refractivity contribution in [2.75, 3.05) is 13.7 Å². The molecule has 1 heterocycles. The van der Waals surface area contributed by atoms with Crippen LogP contribution in [-0.4, -0.2) is 31.5 Å². The summed E-state index contributed by atoms with van der Waals surface area (Å²) in [6.07, 6.45) is 0. The standard InChI is InChI=1S/C13H14N2O4S/c1-3-19-13(16)10(8-14)12-9-6-4-5-7-11(9)20(17,18)15(12)2/h4-7,12,16H,3H2,1-2H3/b13-10-. The topological polar surface area (TPSA) is 90.6 Å². The Morgan fingerprint density at radius 3 is 2.75 bits per heavy atom. The first-order valence-corrected chi connectivity index (χ1v) is 7.42. The van der Waals surface area contributed by atoms with Gasteiger partial charge in [-0.3, -0.25) is 0 Å². The van der Waals surface area contributed by atoms with Gasteiger partial charge < -0.3 is 9.84 Å². The third-order valence-electron chi connectivity index (χ3n) is 3.14. The minimum atomic E-state index is -3.66. The molecule has 0 saturated carbocycles. The molecule has 1 aromatic carbocycles. The average Bonchev–Trinajstić information content (AvgIpc) is 2.62. The van der Waals surface area contributed by atoms with Crippen molar-refractivity contribution in [2.24, 2.45) is 0 Å². The molecule has 0 saturated heterocycles. The fraction of sp³-hybridized carbons (Fsp3) is 0.308. The molecule has 7 heteroatoms. The van der Waals surface area contributed by atoms with Crippen molar-refractivity contribution in [3.63, 3.8) is 0 Å². The van der Waals surface area contributed by atoms with Gasteiger partial charge in [0.1, 0.15) is 11.6 Å². The molecule has 0 amide bonds. The zero-order chi connectivity index (χ0) is 14.9. The van der Waals surface area contributed by atoms with Gasteiger partial charge in [-0.2, -0.15) is 9.57 Å². The number of likely N-dealkylation sites (N-methyl/N-ethyl adjacent to an activating group) is 1. The summed E-state index contributed by atoms with van der Waals surface area (Å²) in [6, 6.07) is 7.37. The fourth-order valence-corrected chi connectivity index (χ4v) is 3.74. The average molecular weight is 294 g/mol. The number of rotatable bonds is 3. The van der Waals surface area contributed by atoms with Crippen molar-refractivity contribution < 1.29 is 18.3 Å². The summed E-state index contributed by atoms with van der Waals surface area (Å²) in [7, 11) is -2.28. The van der Waals surface area contributed by atoms with Crippen LogP contribution in [0, 0.1) is 11.3 Å². The monoisotopic (exact) mass is 294 g/mol. The lowest BCUT2D eigenvalue weighted by Crippen LogP contribution is -2.25. The number of aliphatic hydroxyl groups excluding tert-OH is 1. The Morgan fingerprint density at radius 1 is 1.50 bits per heavy atom. The Balaban J connectivity index is 2.65. The third-order valence-corrected chi connectivity index (χ3v) is 5.04. The number of hydrogen-bond donors (Lipinski definition) is 1. The van der Waals surface area contributed by atoms with E-state index in [9.17, 15) is 18.8 Å². The molecule has 0 radical (unpaired) electrons. The van der Waals surface area contributed by atoms with Crippen LogP contribution in [0.4, 0.5) is 0 Å². The molecular formula is C13H14N2O4S. The van der Waals surface area contributed by atoms with E-state index in [4.69, 9.17) is 4.74 Å². The maximum absolute atomic E-state index is 12.3. The number of nitriles is 1. The van der Waals surface area contributed by atoms with Crippen LogP contribution in [-0.2, 0) is 14.8 Å². The van der Waals surface area contributed by atoms with Gasteiger partial charge in [-0.05, 0) is 18.6 Å². The van der Waals surface area contributed by atoms with Crippen LogP contribution < -0.4 is 0 Å². The molecular weight excluding hydrogens is 280 g/mol. The number of benzene rings is 1. The predicted molar refractivity (Wildman–Crippen MR) is 71.0 cm³/mol. The van der Waals surface area contributed by atoms with Crippen LogP contribution in [0.3, 0.4) is 0 Å². The van der Waals surface area contributed by atoms with E-state index in [2.05, 4.69) is 0 Å². The summed E-state index contributed by atoms with van der Waals surface area (Å²) in [5.74, 6) is -0.543. The smallest absolute Gasteiger partial charge is 0.293 e. The lowest BCUT2D eigenvalue weighted by Gasteiger charge is -2.18. The van der Waals surface area contributed by atoms with Gasteiger partial charge in [-0.25, -0.2) is 8.42 Å². The second-order valence-electron chi connectivity index (χ2n) is 4.23. The quantitative estimate of drug-likeness (QED) is 0.676. The minimum Gasteiger partial charge on any atom is -0.480 e. The van der Waals surface area contributed by atoms with E-state index in [-0.39, 0.29) is 17.1 Å². The Hall–Kier alpha value is -2.04. The lowest BCUT2D eigenvalue weighted by molar-refractivity contribution is 0.0958. The van der Waals surface area contributed by atoms with Gasteiger partial charge in [0, 0.05) is 7.05 Å². The SMILES string of the molecule is CCO/C(O)=C(/C#N)C1c2ccccc2S(=O)(=O)N1C. The molecule has 0 spiro atoms. The van der Waals surface area contributed by atoms with E-state index in [1.807, 2.05) is 6.07 Å². The fourth-order valence-electron chi connectivity index (χ4n) is 2.21. The first kappa shape index (κ1) is 14.4. The number of ether oxygens (including phenoxy) is 1. The molecule has 106 valence electrons. The Bertz CT molecular complexity index is 703. The van der Waals surface area contributed by atoms with Crippen molar-refractivity contribution in [1.82, 2.24) is 4.31 Å². The van der Waals surface area contributed by atoms with Crippen LogP contribution in [0.5, 0.6) is 0 Å². The number of hydrogen-bond acceptors (Lipinski definition) is 5. The largest absolute Gasteiger partial charge is 0.480 e. The number of sulfonamides is 1. The van der Waals surface area contributed by atoms with Crippen molar-refractivity contribution in [2.45, 2.75) is 17.9 Å². The van der Waals surface area contributed by atoms with Gasteiger partial charge >= 0.3 is 0 Å². The van der Waals surface area contributed by atoms with E-state index in [1.165, 1.54) is 13.1 Å². The Kier molecular flexibility index (Phi) is 3.70. The maximum atomic E-state index is 12.3. The number of fused-ring (bicyclic) bond motifs is 1. The van der Waals surface area contributed by atoms with Crippen molar-refractivity contribution in [1.29, 1.82) is 5.26 Å². The van der Waals surface area contributed by atoms with Crippen LogP contribution in [0.15, 0.2) is 40.7 Å². The van der Waals surface area contributed by atoms with E-state index in [0.717, 1.165) is 4.31 Å². The Labute approximate surface area is 117 Å². The van der Waals surface area contributed by atoms with Crippen molar-refractivity contribution in [3.8, 4) is 6.07 Å². The van der Waals surface area contributed by atoms with E-state index < -0.39 is 22.0 Å². The summed E-state index contributed by atoms with van der Waals surface area (Å²) in [4.78, 5) is 0.143. The van der Waals surface area contributed by atoms with Gasteiger partial charge in [0.15, 0.2) is 0 Å². The molecule has 1 aliphatic rings. The van der Waals surface area contributed by atoms with E-state index in [0.29, 0.717) is 5.56 Å². The molecule has 1 atom stereocenters. The summed E-state index contributed by atoms with van der Waals surface area (Å²) >= 11 is 0. The molecule has 1 N–H and O–H groups in total. The summed E-state index contributed by atoms with van der Waals surface area (Å²) < 4.78 is 30.5. The van der Waals surface area contributed by atoms with Crippen molar-refractivity contribution >= 4 is 10.0 Å². The normalized spacial score (nSPS) is 21.8. The summed E-state index contributed by atoms with van der Waals surface area (Å²) in [5, 5.41) is 19.0. The van der Waals surface area contributed by atoms with Crippen LogP contribution in [0.1, 0.15) is 18.5 Å². The predicted octanol–water partition coefficient (Wildman–Crippen LogP) is 1.69. The zero-order valence-electron chi connectivity index (χ0n) is 11.1. The molecule has 0 aliphatic carbocycles. The zero-order valence-corrected chi connectivity index (χ0v) is 11.9. The molecule has 20 heavy (non-hydrogen) atoms. The molecule has 1 unspecified atom stereocenters. The van der Waals surface area contributed by atoms with E-state index in [1.54, 1.807) is 25.1 Å². The highest BCUT2D eigenvalue weighted by Gasteiger charge is 2.43. The highest BCUT2D eigenvalue weighted by Crippen LogP contribution is 2.42. The molecule has 1 aromatic rings. The maximum Gasteiger partial charge on any atom is 0.293 e. The molecule has 0 fully saturated rings. The molecule has 2 rings (SSSR count). The van der Waals surface area contributed by atoms with Gasteiger partial charge in [0.05, 0.1) is 17.5 Å². The molecule has 0 bridgehead atoms. The van der Waals surface area contributed by atoms with E-state index >= 15 is 0 Å². The lowest BCUT2D eigenvalue weighted by atomic mass is 10.0. The van der Waals surface area contributed by atoms with Crippen LogP contribution in [0.25, 0.3) is 0 Å². The molecule has 0 aromatic heterocycles. The second kappa shape index (κ2) is 5.15. The third kappa shape index (κ3) is 2.03. The van der Waals surface area contributed by atoms with Gasteiger partial charge in [0.2, 0.25) is 10.0 Å². The minimum absolute atomic E-state index is 0.122. The first-order valence-electron chi connectivity index (χ1n) is 5.98. The summed E-state index contributed by atoms with van der Waals surface area (Å²) in [5.41, 5.74) is 0.334.